The highest BCUT2D eigenvalue weighted by atomic mass is 32.2. The molecule has 2 rings (SSSR count). The highest BCUT2D eigenvalue weighted by Crippen LogP contribution is 2.34. The normalized spacial score (nSPS) is 16.8. The highest BCUT2D eigenvalue weighted by Gasteiger charge is 2.26. The summed E-state index contributed by atoms with van der Waals surface area (Å²) < 4.78 is 28.5. The number of non-ortho nitro benzene ring substituents is 1. The van der Waals surface area contributed by atoms with Crippen LogP contribution in [0.4, 0.5) is 5.69 Å². The van der Waals surface area contributed by atoms with E-state index in [2.05, 4.69) is 17.6 Å². The van der Waals surface area contributed by atoms with Gasteiger partial charge in [0.1, 0.15) is 0 Å². The Hall–Kier alpha value is -2.00. The van der Waals surface area contributed by atoms with E-state index in [4.69, 9.17) is 0 Å². The zero-order valence-corrected chi connectivity index (χ0v) is 16.2. The molecule has 0 aromatic heterocycles. The monoisotopic (exact) mass is 383 g/mol. The second-order valence-corrected chi connectivity index (χ2v) is 9.63. The van der Waals surface area contributed by atoms with Crippen molar-refractivity contribution in [1.29, 1.82) is 0 Å². The van der Waals surface area contributed by atoms with Crippen molar-refractivity contribution in [3.63, 3.8) is 0 Å². The van der Waals surface area contributed by atoms with E-state index in [1.54, 1.807) is 0 Å². The van der Waals surface area contributed by atoms with Crippen LogP contribution in [-0.4, -0.2) is 37.2 Å². The van der Waals surface area contributed by atoms with Gasteiger partial charge in [-0.05, 0) is 47.6 Å². The fraction of sp³-hybridized carbons (Fsp3) is 0.438. The largest absolute Gasteiger partial charge is 0.381 e. The molecular weight excluding hydrogens is 362 g/mol. The lowest BCUT2D eigenvalue weighted by Gasteiger charge is -2.33. The Balaban J connectivity index is 2.39. The molecule has 0 fully saturated rings. The molecule has 0 atom stereocenters. The third-order valence-electron chi connectivity index (χ3n) is 3.81. The van der Waals surface area contributed by atoms with Crippen molar-refractivity contribution >= 4 is 31.7 Å². The average molecular weight is 383 g/mol. The molecule has 0 saturated heterocycles. The van der Waals surface area contributed by atoms with Crippen molar-refractivity contribution in [1.82, 2.24) is 4.90 Å². The first-order chi connectivity index (χ1) is 11.5. The van der Waals surface area contributed by atoms with Gasteiger partial charge in [0.15, 0.2) is 0 Å². The maximum Gasteiger partial charge on any atom is 0.292 e. The van der Waals surface area contributed by atoms with Crippen LogP contribution in [0.3, 0.4) is 0 Å². The zero-order valence-electron chi connectivity index (χ0n) is 14.6. The predicted molar refractivity (Wildman–Crippen MR) is 99.9 cm³/mol. The Labute approximate surface area is 151 Å². The molecule has 0 radical (unpaired) electrons. The summed E-state index contributed by atoms with van der Waals surface area (Å²) in [5, 5.41) is 10.7. The quantitative estimate of drug-likeness (QED) is 0.453. The number of benzene rings is 1. The molecule has 25 heavy (non-hydrogen) atoms. The summed E-state index contributed by atoms with van der Waals surface area (Å²) in [5.74, 6) is 0. The van der Waals surface area contributed by atoms with Crippen LogP contribution in [0.2, 0.25) is 0 Å². The second kappa shape index (κ2) is 7.09. The smallest absolute Gasteiger partial charge is 0.292 e. The summed E-state index contributed by atoms with van der Waals surface area (Å²) in [6, 6.07) is 4.73. The molecule has 0 amide bonds. The van der Waals surface area contributed by atoms with Crippen molar-refractivity contribution in [2.45, 2.75) is 31.6 Å². The summed E-state index contributed by atoms with van der Waals surface area (Å²) in [6.07, 6.45) is 3.64. The van der Waals surface area contributed by atoms with Crippen molar-refractivity contribution < 1.29 is 13.3 Å². The fourth-order valence-corrected chi connectivity index (χ4v) is 4.78. The van der Waals surface area contributed by atoms with Crippen LogP contribution in [0.5, 0.6) is 0 Å². The molecule has 0 aliphatic heterocycles. The van der Waals surface area contributed by atoms with Crippen LogP contribution in [-0.2, 0) is 21.2 Å². The molecule has 1 aromatic rings. The number of nitro groups is 1. The molecule has 1 aliphatic rings. The number of rotatable bonds is 4. The number of hydrogen-bond acceptors (Lipinski definition) is 5. The van der Waals surface area contributed by atoms with E-state index in [-0.39, 0.29) is 16.0 Å². The van der Waals surface area contributed by atoms with E-state index in [9.17, 15) is 18.5 Å². The van der Waals surface area contributed by atoms with Gasteiger partial charge in [-0.25, -0.2) is 0 Å². The second-order valence-electron chi connectivity index (χ2n) is 6.91. The highest BCUT2D eigenvalue weighted by molar-refractivity contribution is 7.95. The molecule has 1 aliphatic carbocycles. The standard InChI is InChI=1S/C16H21N3O4S2/c1-16(2)10-13(18(3)4)9-14(11-16)24-17-25(22,23)15-7-5-12(6-8-15)19(20)21/h5-9H,10-11H2,1-4H3. The SMILES string of the molecule is CN(C)C1=CC(=S=NS(=O)(=O)c2ccc([N+](=O)[O-])cc2)CC(C)(C)C1. The topological polar surface area (TPSA) is 92.9 Å². The Morgan fingerprint density at radius 1 is 1.20 bits per heavy atom. The summed E-state index contributed by atoms with van der Waals surface area (Å²) in [6.45, 7) is 4.27. The number of allylic oxidation sites excluding steroid dienone is 2. The lowest BCUT2D eigenvalue weighted by atomic mass is 9.79. The lowest BCUT2D eigenvalue weighted by Crippen LogP contribution is -2.27. The molecule has 9 heteroatoms. The van der Waals surface area contributed by atoms with Crippen LogP contribution in [0.15, 0.2) is 44.7 Å². The van der Waals surface area contributed by atoms with Gasteiger partial charge in [0, 0.05) is 36.8 Å². The first-order valence-corrected chi connectivity index (χ1v) is 9.84. The minimum absolute atomic E-state index is 0.0311. The van der Waals surface area contributed by atoms with E-state index in [1.165, 1.54) is 12.1 Å². The summed E-state index contributed by atoms with van der Waals surface area (Å²) in [4.78, 5) is 12.9. The Morgan fingerprint density at radius 2 is 1.80 bits per heavy atom. The molecule has 136 valence electrons. The first-order valence-electron chi connectivity index (χ1n) is 7.63. The van der Waals surface area contributed by atoms with Gasteiger partial charge in [-0.15, -0.1) is 3.77 Å². The summed E-state index contributed by atoms with van der Waals surface area (Å²) in [7, 11) is 0.0418. The van der Waals surface area contributed by atoms with Gasteiger partial charge in [0.2, 0.25) is 0 Å². The minimum atomic E-state index is -3.88. The van der Waals surface area contributed by atoms with Gasteiger partial charge >= 0.3 is 0 Å². The van der Waals surface area contributed by atoms with Gasteiger partial charge in [-0.1, -0.05) is 13.8 Å². The van der Waals surface area contributed by atoms with Gasteiger partial charge in [0.25, 0.3) is 15.7 Å². The third-order valence-corrected chi connectivity index (χ3v) is 6.26. The van der Waals surface area contributed by atoms with Crippen molar-refractivity contribution in [3.05, 3.63) is 46.2 Å². The molecule has 0 unspecified atom stereocenters. The number of nitrogens with zero attached hydrogens (tertiary/aromatic N) is 3. The van der Waals surface area contributed by atoms with Gasteiger partial charge in [-0.3, -0.25) is 10.1 Å². The van der Waals surface area contributed by atoms with Crippen LogP contribution in [0.1, 0.15) is 26.7 Å². The van der Waals surface area contributed by atoms with E-state index >= 15 is 0 Å². The maximum absolute atomic E-state index is 12.3. The van der Waals surface area contributed by atoms with E-state index in [1.807, 2.05) is 25.1 Å². The predicted octanol–water partition coefficient (Wildman–Crippen LogP) is 2.99. The molecular formula is C16H21N3O4S2. The molecule has 0 saturated carbocycles. The zero-order chi connectivity index (χ0) is 18.8. The molecule has 0 heterocycles. The van der Waals surface area contributed by atoms with Crippen molar-refractivity contribution in [2.24, 2.45) is 9.18 Å². The van der Waals surface area contributed by atoms with Crippen LogP contribution in [0.25, 0.3) is 0 Å². The molecule has 0 bridgehead atoms. The number of sulfonamides is 1. The summed E-state index contributed by atoms with van der Waals surface area (Å²) in [5.41, 5.74) is 0.999. The van der Waals surface area contributed by atoms with Gasteiger partial charge in [0.05, 0.1) is 9.82 Å². The Morgan fingerprint density at radius 3 is 2.32 bits per heavy atom. The molecule has 7 nitrogen and oxygen atoms in total. The minimum Gasteiger partial charge on any atom is -0.381 e. The lowest BCUT2D eigenvalue weighted by molar-refractivity contribution is -0.384. The number of nitro benzene ring substituents is 1. The van der Waals surface area contributed by atoms with Crippen LogP contribution in [0, 0.1) is 15.5 Å². The fourth-order valence-electron chi connectivity index (χ4n) is 2.54. The third kappa shape index (κ3) is 4.99. The average Bonchev–Trinajstić information content (AvgIpc) is 2.51. The number of hydrogen-bond donors (Lipinski definition) is 0. The molecule has 0 N–H and O–H groups in total. The maximum atomic E-state index is 12.3. The summed E-state index contributed by atoms with van der Waals surface area (Å²) >= 11 is 0.950. The molecule has 0 spiro atoms. The van der Waals surface area contributed by atoms with E-state index in [0.717, 1.165) is 46.7 Å². The van der Waals surface area contributed by atoms with Crippen molar-refractivity contribution in [3.8, 4) is 0 Å². The van der Waals surface area contributed by atoms with E-state index < -0.39 is 14.9 Å². The van der Waals surface area contributed by atoms with Crippen LogP contribution < -0.4 is 0 Å². The Bertz CT molecular complexity index is 878. The van der Waals surface area contributed by atoms with E-state index in [0.29, 0.717) is 0 Å². The van der Waals surface area contributed by atoms with Gasteiger partial charge in [-0.2, -0.15) is 8.42 Å². The van der Waals surface area contributed by atoms with Crippen molar-refractivity contribution in [2.75, 3.05) is 14.1 Å². The molecule has 1 aromatic carbocycles. The Kier molecular flexibility index (Phi) is 5.48. The van der Waals surface area contributed by atoms with Crippen LogP contribution >= 0.6 is 0 Å². The first kappa shape index (κ1) is 19.3. The van der Waals surface area contributed by atoms with Gasteiger partial charge < -0.3 is 4.90 Å².